The van der Waals surface area contributed by atoms with Gasteiger partial charge >= 0.3 is 0 Å². The molecule has 0 aliphatic carbocycles. The Hall–Kier alpha value is -1.13. The number of pyridine rings is 1. The van der Waals surface area contributed by atoms with Gasteiger partial charge in [-0.3, -0.25) is 4.90 Å². The minimum Gasteiger partial charge on any atom is -0.392 e. The molecule has 1 unspecified atom stereocenters. The molecule has 1 saturated heterocycles. The number of aliphatic hydroxyl groups is 1. The van der Waals surface area contributed by atoms with Gasteiger partial charge in [0.1, 0.15) is 5.82 Å². The molecule has 4 nitrogen and oxygen atoms in total. The Balaban J connectivity index is 2.11. The van der Waals surface area contributed by atoms with Crippen molar-refractivity contribution in [1.29, 1.82) is 0 Å². The molecule has 0 bridgehead atoms. The lowest BCUT2D eigenvalue weighted by molar-refractivity contribution is 0.199. The van der Waals surface area contributed by atoms with E-state index in [1.165, 1.54) is 0 Å². The number of aromatic nitrogens is 1. The van der Waals surface area contributed by atoms with Crippen molar-refractivity contribution in [2.75, 3.05) is 31.1 Å². The zero-order valence-electron chi connectivity index (χ0n) is 11.6. The Morgan fingerprint density at radius 3 is 2.72 bits per heavy atom. The standard InChI is InChI=1S/C14H23N3O/c1-4-16-7-8-17(9-11(16)2)14-6-5-13(10-18)12(3)15-14/h5-6,11,18H,4,7-10H2,1-3H3. The Labute approximate surface area is 109 Å². The minimum absolute atomic E-state index is 0.0686. The molecule has 2 heterocycles. The molecule has 18 heavy (non-hydrogen) atoms. The summed E-state index contributed by atoms with van der Waals surface area (Å²) >= 11 is 0. The SMILES string of the molecule is CCN1CCN(c2ccc(CO)c(C)n2)CC1C. The molecule has 0 spiro atoms. The van der Waals surface area contributed by atoms with E-state index >= 15 is 0 Å². The minimum atomic E-state index is 0.0686. The van der Waals surface area contributed by atoms with Crippen molar-refractivity contribution in [1.82, 2.24) is 9.88 Å². The molecule has 1 aliphatic heterocycles. The number of piperazine rings is 1. The summed E-state index contributed by atoms with van der Waals surface area (Å²) in [4.78, 5) is 9.43. The number of anilines is 1. The lowest BCUT2D eigenvalue weighted by atomic mass is 10.1. The van der Waals surface area contributed by atoms with Gasteiger partial charge in [-0.25, -0.2) is 4.98 Å². The van der Waals surface area contributed by atoms with Gasteiger partial charge in [-0.1, -0.05) is 13.0 Å². The maximum atomic E-state index is 9.17. The van der Waals surface area contributed by atoms with Crippen molar-refractivity contribution in [2.45, 2.75) is 33.4 Å². The number of rotatable bonds is 3. The molecule has 0 aromatic carbocycles. The molecule has 1 N–H and O–H groups in total. The van der Waals surface area contributed by atoms with E-state index in [-0.39, 0.29) is 6.61 Å². The Kier molecular flexibility index (Phi) is 4.19. The number of hydrogen-bond acceptors (Lipinski definition) is 4. The first-order valence-corrected chi connectivity index (χ1v) is 6.72. The molecule has 1 aliphatic rings. The topological polar surface area (TPSA) is 39.6 Å². The van der Waals surface area contributed by atoms with E-state index in [2.05, 4.69) is 28.6 Å². The average molecular weight is 249 g/mol. The summed E-state index contributed by atoms with van der Waals surface area (Å²) in [6, 6.07) is 4.57. The van der Waals surface area contributed by atoms with Crippen LogP contribution < -0.4 is 4.90 Å². The van der Waals surface area contributed by atoms with Gasteiger partial charge in [0.05, 0.1) is 6.61 Å². The van der Waals surface area contributed by atoms with Crippen LogP contribution in [-0.4, -0.2) is 47.2 Å². The molecule has 0 saturated carbocycles. The van der Waals surface area contributed by atoms with Crippen LogP contribution in [-0.2, 0) is 6.61 Å². The Morgan fingerprint density at radius 2 is 2.17 bits per heavy atom. The van der Waals surface area contributed by atoms with Gasteiger partial charge in [0.25, 0.3) is 0 Å². The summed E-state index contributed by atoms with van der Waals surface area (Å²) in [5, 5.41) is 9.17. The quantitative estimate of drug-likeness (QED) is 0.879. The summed E-state index contributed by atoms with van der Waals surface area (Å²) < 4.78 is 0. The van der Waals surface area contributed by atoms with E-state index < -0.39 is 0 Å². The smallest absolute Gasteiger partial charge is 0.128 e. The molecule has 1 fully saturated rings. The second kappa shape index (κ2) is 5.67. The second-order valence-electron chi connectivity index (χ2n) is 5.00. The van der Waals surface area contributed by atoms with Crippen molar-refractivity contribution < 1.29 is 5.11 Å². The number of nitrogens with zero attached hydrogens (tertiary/aromatic N) is 3. The van der Waals surface area contributed by atoms with Gasteiger partial charge in [-0.2, -0.15) is 0 Å². The molecule has 0 amide bonds. The normalized spacial score (nSPS) is 21.3. The van der Waals surface area contributed by atoms with Crippen molar-refractivity contribution in [3.05, 3.63) is 23.4 Å². The maximum absolute atomic E-state index is 9.17. The van der Waals surface area contributed by atoms with Crippen LogP contribution in [0.5, 0.6) is 0 Å². The largest absolute Gasteiger partial charge is 0.392 e. The first-order valence-electron chi connectivity index (χ1n) is 6.72. The first kappa shape index (κ1) is 13.3. The van der Waals surface area contributed by atoms with Crippen LogP contribution in [0.15, 0.2) is 12.1 Å². The zero-order valence-corrected chi connectivity index (χ0v) is 11.6. The Morgan fingerprint density at radius 1 is 1.39 bits per heavy atom. The first-order chi connectivity index (χ1) is 8.65. The second-order valence-corrected chi connectivity index (χ2v) is 5.00. The molecule has 100 valence electrons. The molecule has 1 aromatic rings. The monoisotopic (exact) mass is 249 g/mol. The molecule has 1 aromatic heterocycles. The molecular weight excluding hydrogens is 226 g/mol. The van der Waals surface area contributed by atoms with Gasteiger partial charge in [0, 0.05) is 31.4 Å². The lowest BCUT2D eigenvalue weighted by Gasteiger charge is -2.40. The highest BCUT2D eigenvalue weighted by molar-refractivity contribution is 5.42. The van der Waals surface area contributed by atoms with Crippen molar-refractivity contribution >= 4 is 5.82 Å². The number of hydrogen-bond donors (Lipinski definition) is 1. The number of aryl methyl sites for hydroxylation is 1. The third kappa shape index (κ3) is 2.65. The molecule has 4 heteroatoms. The van der Waals surface area contributed by atoms with E-state index in [9.17, 15) is 0 Å². The summed E-state index contributed by atoms with van der Waals surface area (Å²) in [5.74, 6) is 1.03. The molecule has 1 atom stereocenters. The van der Waals surface area contributed by atoms with Crippen LogP contribution in [0.3, 0.4) is 0 Å². The zero-order chi connectivity index (χ0) is 13.1. The van der Waals surface area contributed by atoms with E-state index in [4.69, 9.17) is 5.11 Å². The maximum Gasteiger partial charge on any atom is 0.128 e. The van der Waals surface area contributed by atoms with Crippen LogP contribution in [0.25, 0.3) is 0 Å². The van der Waals surface area contributed by atoms with Gasteiger partial charge < -0.3 is 10.0 Å². The molecule has 2 rings (SSSR count). The summed E-state index contributed by atoms with van der Waals surface area (Å²) in [6.07, 6.45) is 0. The highest BCUT2D eigenvalue weighted by atomic mass is 16.3. The third-order valence-electron chi connectivity index (χ3n) is 3.85. The van der Waals surface area contributed by atoms with Crippen LogP contribution >= 0.6 is 0 Å². The van der Waals surface area contributed by atoms with Gasteiger partial charge in [0.2, 0.25) is 0 Å². The third-order valence-corrected chi connectivity index (χ3v) is 3.85. The van der Waals surface area contributed by atoms with Crippen LogP contribution in [0.4, 0.5) is 5.82 Å². The summed E-state index contributed by atoms with van der Waals surface area (Å²) in [7, 11) is 0. The fraction of sp³-hybridized carbons (Fsp3) is 0.643. The van der Waals surface area contributed by atoms with E-state index in [0.29, 0.717) is 6.04 Å². The fourth-order valence-electron chi connectivity index (χ4n) is 2.59. The van der Waals surface area contributed by atoms with Gasteiger partial charge in [-0.05, 0) is 32.0 Å². The molecular formula is C14H23N3O. The highest BCUT2D eigenvalue weighted by Gasteiger charge is 2.23. The van der Waals surface area contributed by atoms with Crippen molar-refractivity contribution in [3.63, 3.8) is 0 Å². The van der Waals surface area contributed by atoms with Gasteiger partial charge in [-0.15, -0.1) is 0 Å². The number of aliphatic hydroxyl groups excluding tert-OH is 1. The van der Waals surface area contributed by atoms with Crippen molar-refractivity contribution in [2.24, 2.45) is 0 Å². The summed E-state index contributed by atoms with van der Waals surface area (Å²) in [5.41, 5.74) is 1.85. The van der Waals surface area contributed by atoms with E-state index in [0.717, 1.165) is 43.3 Å². The van der Waals surface area contributed by atoms with Crippen LogP contribution in [0, 0.1) is 6.92 Å². The summed E-state index contributed by atoms with van der Waals surface area (Å²) in [6.45, 7) is 10.8. The van der Waals surface area contributed by atoms with Crippen LogP contribution in [0.2, 0.25) is 0 Å². The number of likely N-dealkylation sites (N-methyl/N-ethyl adjacent to an activating group) is 1. The molecule has 0 radical (unpaired) electrons. The van der Waals surface area contributed by atoms with Crippen LogP contribution in [0.1, 0.15) is 25.1 Å². The van der Waals surface area contributed by atoms with Crippen molar-refractivity contribution in [3.8, 4) is 0 Å². The predicted molar refractivity (Wildman–Crippen MR) is 73.8 cm³/mol. The van der Waals surface area contributed by atoms with E-state index in [1.54, 1.807) is 0 Å². The fourth-order valence-corrected chi connectivity index (χ4v) is 2.59. The lowest BCUT2D eigenvalue weighted by Crippen LogP contribution is -2.52. The Bertz CT molecular complexity index is 408. The van der Waals surface area contributed by atoms with Gasteiger partial charge in [0.15, 0.2) is 0 Å². The van der Waals surface area contributed by atoms with E-state index in [1.807, 2.05) is 19.1 Å². The predicted octanol–water partition coefficient (Wildman–Crippen LogP) is 1.41. The highest BCUT2D eigenvalue weighted by Crippen LogP contribution is 2.19. The average Bonchev–Trinajstić information content (AvgIpc) is 2.38.